The zero-order valence-electron chi connectivity index (χ0n) is 22.7. The minimum Gasteiger partial charge on any atom is -0.261 e. The molecule has 0 bridgehead atoms. The summed E-state index contributed by atoms with van der Waals surface area (Å²) in [5, 5.41) is 0. The van der Waals surface area contributed by atoms with Crippen molar-refractivity contribution in [1.82, 2.24) is 24.9 Å². The molecule has 5 heterocycles. The first-order valence-corrected chi connectivity index (χ1v) is 14.4. The number of aromatic nitrogens is 5. The van der Waals surface area contributed by atoms with Crippen molar-refractivity contribution >= 4 is 0 Å². The van der Waals surface area contributed by atoms with Crippen molar-refractivity contribution in [3.8, 4) is 0 Å². The topological polar surface area (TPSA) is 64.5 Å². The molecule has 0 amide bonds. The molecule has 0 saturated heterocycles. The molecule has 0 radical (unpaired) electrons. The van der Waals surface area contributed by atoms with Gasteiger partial charge < -0.3 is 0 Å². The molecule has 0 unspecified atom stereocenters. The average Bonchev–Trinajstić information content (AvgIpc) is 3.04. The van der Waals surface area contributed by atoms with Crippen LogP contribution in [0.4, 0.5) is 0 Å². The Labute approximate surface area is 236 Å². The first-order valence-electron chi connectivity index (χ1n) is 14.4. The molecule has 1 saturated carbocycles. The van der Waals surface area contributed by atoms with Crippen LogP contribution in [0.2, 0.25) is 0 Å². The highest BCUT2D eigenvalue weighted by Crippen LogP contribution is 2.47. The van der Waals surface area contributed by atoms with E-state index in [1.165, 1.54) is 0 Å². The summed E-state index contributed by atoms with van der Waals surface area (Å²) in [6.45, 7) is 0. The number of nitrogens with zero attached hydrogens (tertiary/aromatic N) is 5. The second-order valence-corrected chi connectivity index (χ2v) is 10.9. The van der Waals surface area contributed by atoms with Crippen LogP contribution in [0.5, 0.6) is 0 Å². The highest BCUT2D eigenvalue weighted by molar-refractivity contribution is 5.23. The summed E-state index contributed by atoms with van der Waals surface area (Å²) in [7, 11) is 0. The molecule has 5 nitrogen and oxygen atoms in total. The highest BCUT2D eigenvalue weighted by Gasteiger charge is 2.34. The van der Waals surface area contributed by atoms with E-state index < -0.39 is 0 Å². The summed E-state index contributed by atoms with van der Waals surface area (Å²) < 4.78 is 0. The third-order valence-corrected chi connectivity index (χ3v) is 8.38. The van der Waals surface area contributed by atoms with Crippen molar-refractivity contribution in [2.45, 2.75) is 61.7 Å². The van der Waals surface area contributed by atoms with Gasteiger partial charge in [0.25, 0.3) is 0 Å². The van der Waals surface area contributed by atoms with Gasteiger partial charge in [-0.3, -0.25) is 24.9 Å². The van der Waals surface area contributed by atoms with E-state index >= 15 is 0 Å². The molecular formula is C35H35N5. The normalized spacial score (nSPS) is 23.8. The van der Waals surface area contributed by atoms with E-state index in [-0.39, 0.29) is 29.6 Å². The minimum atomic E-state index is 0.270. The SMILES string of the molecule is c1ccc(C2CC(c3ccccn3)CC(c3ccccn3)CC(c3ccccn3)CC(c3ccccn3)C2)nc1. The van der Waals surface area contributed by atoms with Crippen molar-refractivity contribution in [2.75, 3.05) is 0 Å². The Morgan fingerprint density at radius 2 is 0.500 bits per heavy atom. The summed E-state index contributed by atoms with van der Waals surface area (Å²) in [6.07, 6.45) is 14.5. The van der Waals surface area contributed by atoms with Crippen LogP contribution in [0.15, 0.2) is 122 Å². The average molecular weight is 526 g/mol. The maximum absolute atomic E-state index is 4.87. The molecule has 5 aromatic heterocycles. The summed E-state index contributed by atoms with van der Waals surface area (Å²) in [4.78, 5) is 24.4. The van der Waals surface area contributed by atoms with Gasteiger partial charge in [-0.05, 0) is 92.8 Å². The Kier molecular flexibility index (Phi) is 8.28. The maximum Gasteiger partial charge on any atom is 0.0434 e. The number of hydrogen-bond donors (Lipinski definition) is 0. The van der Waals surface area contributed by atoms with Gasteiger partial charge in [-0.25, -0.2) is 0 Å². The molecule has 200 valence electrons. The third-order valence-electron chi connectivity index (χ3n) is 8.38. The Morgan fingerprint density at radius 1 is 0.300 bits per heavy atom. The molecule has 5 heteroatoms. The van der Waals surface area contributed by atoms with Crippen molar-refractivity contribution in [3.63, 3.8) is 0 Å². The second-order valence-electron chi connectivity index (χ2n) is 10.9. The molecule has 1 fully saturated rings. The van der Waals surface area contributed by atoms with Crippen LogP contribution < -0.4 is 0 Å². The van der Waals surface area contributed by atoms with Gasteiger partial charge in [0.15, 0.2) is 0 Å². The zero-order chi connectivity index (χ0) is 27.0. The van der Waals surface area contributed by atoms with Crippen LogP contribution in [0.25, 0.3) is 0 Å². The van der Waals surface area contributed by atoms with Crippen molar-refractivity contribution < 1.29 is 0 Å². The number of pyridine rings is 5. The molecule has 1 aliphatic carbocycles. The van der Waals surface area contributed by atoms with E-state index in [1.807, 2.05) is 61.3 Å². The second kappa shape index (κ2) is 12.7. The van der Waals surface area contributed by atoms with Crippen molar-refractivity contribution in [2.24, 2.45) is 0 Å². The van der Waals surface area contributed by atoms with E-state index in [0.717, 1.165) is 60.6 Å². The lowest BCUT2D eigenvalue weighted by molar-refractivity contribution is 0.339. The van der Waals surface area contributed by atoms with E-state index in [0.29, 0.717) is 0 Å². The summed E-state index contributed by atoms with van der Waals surface area (Å²) in [5.74, 6) is 1.35. The van der Waals surface area contributed by atoms with Gasteiger partial charge in [0, 0.05) is 89.0 Å². The Bertz CT molecular complexity index is 1160. The zero-order valence-corrected chi connectivity index (χ0v) is 22.7. The van der Waals surface area contributed by atoms with Crippen LogP contribution in [-0.4, -0.2) is 24.9 Å². The molecule has 0 spiro atoms. The Hall–Kier alpha value is -4.25. The van der Waals surface area contributed by atoms with Gasteiger partial charge in [0.05, 0.1) is 0 Å². The standard InChI is InChI=1S/C35H35N5/c1-6-16-36-31(11-1)26-21-27(32-12-2-7-17-37-32)23-29(34-14-4-9-19-39-34)25-30(35-15-5-10-20-40-35)24-28(22-26)33-13-3-8-18-38-33/h1-20,26-30H,21-25H2. The summed E-state index contributed by atoms with van der Waals surface area (Å²) in [5.41, 5.74) is 5.73. The molecule has 0 atom stereocenters. The predicted octanol–water partition coefficient (Wildman–Crippen LogP) is 7.84. The first-order chi connectivity index (χ1) is 19.8. The van der Waals surface area contributed by atoms with Crippen LogP contribution in [0.3, 0.4) is 0 Å². The van der Waals surface area contributed by atoms with E-state index in [2.05, 4.69) is 60.7 Å². The van der Waals surface area contributed by atoms with Crippen LogP contribution in [0, 0.1) is 0 Å². The number of rotatable bonds is 5. The highest BCUT2D eigenvalue weighted by atomic mass is 14.7. The lowest BCUT2D eigenvalue weighted by Gasteiger charge is -2.34. The molecule has 0 aromatic carbocycles. The van der Waals surface area contributed by atoms with E-state index in [4.69, 9.17) is 24.9 Å². The molecule has 5 aromatic rings. The monoisotopic (exact) mass is 525 g/mol. The Morgan fingerprint density at radius 3 is 0.650 bits per heavy atom. The van der Waals surface area contributed by atoms with Crippen LogP contribution >= 0.6 is 0 Å². The molecule has 40 heavy (non-hydrogen) atoms. The molecular weight excluding hydrogens is 490 g/mol. The summed E-state index contributed by atoms with van der Waals surface area (Å²) >= 11 is 0. The van der Waals surface area contributed by atoms with Crippen LogP contribution in [0.1, 0.15) is 90.2 Å². The molecule has 0 aliphatic heterocycles. The summed E-state index contributed by atoms with van der Waals surface area (Å²) in [6, 6.07) is 31.5. The lowest BCUT2D eigenvalue weighted by atomic mass is 9.71. The number of hydrogen-bond acceptors (Lipinski definition) is 5. The van der Waals surface area contributed by atoms with Gasteiger partial charge in [-0.1, -0.05) is 30.3 Å². The molecule has 6 rings (SSSR count). The molecule has 0 N–H and O–H groups in total. The fourth-order valence-corrected chi connectivity index (χ4v) is 6.49. The molecule has 1 aliphatic rings. The predicted molar refractivity (Wildman–Crippen MR) is 158 cm³/mol. The van der Waals surface area contributed by atoms with Crippen molar-refractivity contribution in [3.05, 3.63) is 150 Å². The fourth-order valence-electron chi connectivity index (χ4n) is 6.49. The van der Waals surface area contributed by atoms with Gasteiger partial charge in [0.2, 0.25) is 0 Å². The smallest absolute Gasteiger partial charge is 0.0434 e. The Balaban J connectivity index is 1.48. The maximum atomic E-state index is 4.87. The van der Waals surface area contributed by atoms with Gasteiger partial charge in [-0.2, -0.15) is 0 Å². The fraction of sp³-hybridized carbons (Fsp3) is 0.286. The van der Waals surface area contributed by atoms with Gasteiger partial charge in [-0.15, -0.1) is 0 Å². The quantitative estimate of drug-likeness (QED) is 0.234. The van der Waals surface area contributed by atoms with Gasteiger partial charge >= 0.3 is 0 Å². The van der Waals surface area contributed by atoms with E-state index in [9.17, 15) is 0 Å². The largest absolute Gasteiger partial charge is 0.261 e. The van der Waals surface area contributed by atoms with E-state index in [1.54, 1.807) is 0 Å². The third kappa shape index (κ3) is 6.31. The first kappa shape index (κ1) is 26.0. The van der Waals surface area contributed by atoms with Gasteiger partial charge in [0.1, 0.15) is 0 Å². The van der Waals surface area contributed by atoms with Crippen LogP contribution in [-0.2, 0) is 0 Å². The lowest BCUT2D eigenvalue weighted by Crippen LogP contribution is -2.21. The minimum absolute atomic E-state index is 0.270. The van der Waals surface area contributed by atoms with Crippen molar-refractivity contribution in [1.29, 1.82) is 0 Å².